The van der Waals surface area contributed by atoms with E-state index in [1.807, 2.05) is 25.1 Å². The van der Waals surface area contributed by atoms with E-state index in [0.29, 0.717) is 13.0 Å². The summed E-state index contributed by atoms with van der Waals surface area (Å²) in [6, 6.07) is 7.56. The van der Waals surface area contributed by atoms with Crippen molar-refractivity contribution in [3.8, 4) is 0 Å². The predicted molar refractivity (Wildman–Crippen MR) is 80.5 cm³/mol. The molecule has 2 fully saturated rings. The second-order valence-corrected chi connectivity index (χ2v) is 6.01. The smallest absolute Gasteiger partial charge is 0.246 e. The van der Waals surface area contributed by atoms with Crippen LogP contribution in [0.15, 0.2) is 24.3 Å². The van der Waals surface area contributed by atoms with E-state index in [1.165, 1.54) is 5.56 Å². The Morgan fingerprint density at radius 2 is 1.95 bits per heavy atom. The molecule has 1 aromatic carbocycles. The van der Waals surface area contributed by atoms with Crippen LogP contribution in [0.3, 0.4) is 0 Å². The summed E-state index contributed by atoms with van der Waals surface area (Å²) in [6.07, 6.45) is 2.43. The van der Waals surface area contributed by atoms with Crippen LogP contribution < -0.4 is 0 Å². The number of carbonyl (C=O) groups is 2. The molecule has 4 nitrogen and oxygen atoms in total. The molecule has 0 aliphatic carbocycles. The summed E-state index contributed by atoms with van der Waals surface area (Å²) in [6.45, 7) is 5.32. The van der Waals surface area contributed by atoms with Crippen molar-refractivity contribution in [3.05, 3.63) is 35.4 Å². The van der Waals surface area contributed by atoms with E-state index in [9.17, 15) is 9.59 Å². The van der Waals surface area contributed by atoms with Crippen LogP contribution in [0.25, 0.3) is 0 Å². The largest absolute Gasteiger partial charge is 0.329 e. The molecule has 3 rings (SSSR count). The van der Waals surface area contributed by atoms with Crippen LogP contribution in [-0.2, 0) is 16.1 Å². The van der Waals surface area contributed by atoms with E-state index >= 15 is 0 Å². The zero-order valence-electron chi connectivity index (χ0n) is 12.7. The van der Waals surface area contributed by atoms with Crippen molar-refractivity contribution in [2.24, 2.45) is 0 Å². The lowest BCUT2D eigenvalue weighted by Gasteiger charge is -2.42. The molecule has 0 bridgehead atoms. The molecule has 2 aliphatic rings. The highest BCUT2D eigenvalue weighted by atomic mass is 16.2. The SMILES string of the molecule is CCC1C(=O)N2CCCC2C(=O)N1Cc1ccccc1C. The van der Waals surface area contributed by atoms with E-state index in [4.69, 9.17) is 0 Å². The predicted octanol–water partition coefficient (Wildman–Crippen LogP) is 2.11. The van der Waals surface area contributed by atoms with Gasteiger partial charge in [-0.15, -0.1) is 0 Å². The second-order valence-electron chi connectivity index (χ2n) is 6.01. The molecule has 1 aromatic rings. The fourth-order valence-corrected chi connectivity index (χ4v) is 3.51. The van der Waals surface area contributed by atoms with Gasteiger partial charge in [-0.3, -0.25) is 9.59 Å². The molecule has 0 spiro atoms. The molecule has 2 heterocycles. The number of rotatable bonds is 3. The molecule has 2 unspecified atom stereocenters. The highest BCUT2D eigenvalue weighted by molar-refractivity contribution is 5.97. The van der Waals surface area contributed by atoms with Gasteiger partial charge in [0.2, 0.25) is 11.8 Å². The van der Waals surface area contributed by atoms with Gasteiger partial charge in [0.1, 0.15) is 12.1 Å². The Kier molecular flexibility index (Phi) is 3.70. The van der Waals surface area contributed by atoms with Crippen LogP contribution in [-0.4, -0.2) is 40.2 Å². The Morgan fingerprint density at radius 1 is 1.19 bits per heavy atom. The van der Waals surface area contributed by atoms with Crippen LogP contribution in [0, 0.1) is 6.92 Å². The molecule has 0 aromatic heterocycles. The number of carbonyl (C=O) groups excluding carboxylic acids is 2. The lowest BCUT2D eigenvalue weighted by molar-refractivity contribution is -0.160. The molecule has 2 aliphatic heterocycles. The van der Waals surface area contributed by atoms with Crippen molar-refractivity contribution in [3.63, 3.8) is 0 Å². The summed E-state index contributed by atoms with van der Waals surface area (Å²) < 4.78 is 0. The number of piperazine rings is 1. The fourth-order valence-electron chi connectivity index (χ4n) is 3.51. The number of amides is 2. The molecule has 0 radical (unpaired) electrons. The van der Waals surface area contributed by atoms with E-state index in [1.54, 1.807) is 9.80 Å². The summed E-state index contributed by atoms with van der Waals surface area (Å²) in [7, 11) is 0. The zero-order valence-corrected chi connectivity index (χ0v) is 12.7. The number of fused-ring (bicyclic) bond motifs is 1. The number of hydrogen-bond donors (Lipinski definition) is 0. The van der Waals surface area contributed by atoms with Gasteiger partial charge in [0.15, 0.2) is 0 Å². The third-order valence-corrected chi connectivity index (χ3v) is 4.75. The van der Waals surface area contributed by atoms with Crippen LogP contribution >= 0.6 is 0 Å². The van der Waals surface area contributed by atoms with Crippen LogP contribution in [0.4, 0.5) is 0 Å². The van der Waals surface area contributed by atoms with Gasteiger partial charge in [0, 0.05) is 13.1 Å². The Bertz CT molecular complexity index is 570. The quantitative estimate of drug-likeness (QED) is 0.854. The summed E-state index contributed by atoms with van der Waals surface area (Å²) >= 11 is 0. The highest BCUT2D eigenvalue weighted by Crippen LogP contribution is 2.29. The third kappa shape index (κ3) is 2.33. The zero-order chi connectivity index (χ0) is 15.0. The van der Waals surface area contributed by atoms with Gasteiger partial charge in [0.05, 0.1) is 0 Å². The van der Waals surface area contributed by atoms with Crippen molar-refractivity contribution in [1.29, 1.82) is 0 Å². The lowest BCUT2D eigenvalue weighted by atomic mass is 10.0. The molecule has 0 saturated carbocycles. The Morgan fingerprint density at radius 3 is 2.67 bits per heavy atom. The maximum absolute atomic E-state index is 12.8. The van der Waals surface area contributed by atoms with Crippen molar-refractivity contribution >= 4 is 11.8 Å². The first-order valence-electron chi connectivity index (χ1n) is 7.79. The van der Waals surface area contributed by atoms with Gasteiger partial charge in [-0.25, -0.2) is 0 Å². The van der Waals surface area contributed by atoms with Gasteiger partial charge in [-0.1, -0.05) is 31.2 Å². The normalized spacial score (nSPS) is 25.4. The average molecular weight is 286 g/mol. The van der Waals surface area contributed by atoms with Crippen molar-refractivity contribution in [2.45, 2.75) is 51.7 Å². The summed E-state index contributed by atoms with van der Waals surface area (Å²) in [5, 5.41) is 0. The van der Waals surface area contributed by atoms with Gasteiger partial charge in [-0.2, -0.15) is 0 Å². The Labute approximate surface area is 125 Å². The third-order valence-electron chi connectivity index (χ3n) is 4.75. The number of hydrogen-bond acceptors (Lipinski definition) is 2. The molecular formula is C17H22N2O2. The minimum absolute atomic E-state index is 0.127. The Hall–Kier alpha value is -1.84. The lowest BCUT2D eigenvalue weighted by Crippen LogP contribution is -2.62. The summed E-state index contributed by atoms with van der Waals surface area (Å²) in [4.78, 5) is 29.0. The minimum Gasteiger partial charge on any atom is -0.329 e. The van der Waals surface area contributed by atoms with Gasteiger partial charge in [-0.05, 0) is 37.3 Å². The fraction of sp³-hybridized carbons (Fsp3) is 0.529. The van der Waals surface area contributed by atoms with Crippen LogP contribution in [0.1, 0.15) is 37.3 Å². The summed E-state index contributed by atoms with van der Waals surface area (Å²) in [5.41, 5.74) is 2.30. The topological polar surface area (TPSA) is 40.6 Å². The van der Waals surface area contributed by atoms with E-state index in [2.05, 4.69) is 13.0 Å². The Balaban J connectivity index is 1.90. The summed E-state index contributed by atoms with van der Waals surface area (Å²) in [5.74, 6) is 0.260. The van der Waals surface area contributed by atoms with Crippen LogP contribution in [0.5, 0.6) is 0 Å². The van der Waals surface area contributed by atoms with E-state index in [0.717, 1.165) is 24.9 Å². The molecule has 0 N–H and O–H groups in total. The minimum atomic E-state index is -0.300. The number of benzene rings is 1. The first-order chi connectivity index (χ1) is 10.1. The van der Waals surface area contributed by atoms with E-state index in [-0.39, 0.29) is 23.9 Å². The molecular weight excluding hydrogens is 264 g/mol. The van der Waals surface area contributed by atoms with Gasteiger partial charge >= 0.3 is 0 Å². The maximum atomic E-state index is 12.8. The number of nitrogens with zero attached hydrogens (tertiary/aromatic N) is 2. The second kappa shape index (κ2) is 5.51. The molecule has 4 heteroatoms. The van der Waals surface area contributed by atoms with Gasteiger partial charge < -0.3 is 9.80 Å². The standard InChI is InChI=1S/C17H22N2O2/c1-3-14-16(20)18-10-6-9-15(18)17(21)19(14)11-13-8-5-4-7-12(13)2/h4-5,7-8,14-15H,3,6,9-11H2,1-2H3. The highest BCUT2D eigenvalue weighted by Gasteiger charge is 2.46. The van der Waals surface area contributed by atoms with Gasteiger partial charge in [0.25, 0.3) is 0 Å². The average Bonchev–Trinajstić information content (AvgIpc) is 2.97. The molecule has 2 saturated heterocycles. The first-order valence-corrected chi connectivity index (χ1v) is 7.79. The molecule has 112 valence electrons. The van der Waals surface area contributed by atoms with Crippen molar-refractivity contribution in [1.82, 2.24) is 9.80 Å². The molecule has 21 heavy (non-hydrogen) atoms. The van der Waals surface area contributed by atoms with Crippen molar-refractivity contribution in [2.75, 3.05) is 6.54 Å². The maximum Gasteiger partial charge on any atom is 0.246 e. The van der Waals surface area contributed by atoms with E-state index < -0.39 is 0 Å². The van der Waals surface area contributed by atoms with Crippen LogP contribution in [0.2, 0.25) is 0 Å². The molecule has 2 atom stereocenters. The molecule has 2 amide bonds. The number of aryl methyl sites for hydroxylation is 1. The monoisotopic (exact) mass is 286 g/mol. The van der Waals surface area contributed by atoms with Crippen molar-refractivity contribution < 1.29 is 9.59 Å². The first kappa shape index (κ1) is 14.1.